The number of allylic oxidation sites excluding steroid dienone is 2. The second kappa shape index (κ2) is 8.34. The number of rotatable bonds is 6. The van der Waals surface area contributed by atoms with Gasteiger partial charge in [0.15, 0.2) is 0 Å². The molecule has 0 fully saturated rings. The van der Waals surface area contributed by atoms with E-state index >= 15 is 0 Å². The van der Waals surface area contributed by atoms with Crippen LogP contribution in [0.25, 0.3) is 10.9 Å². The van der Waals surface area contributed by atoms with E-state index in [0.717, 1.165) is 36.1 Å². The summed E-state index contributed by atoms with van der Waals surface area (Å²) in [5.41, 5.74) is 3.47. The highest BCUT2D eigenvalue weighted by molar-refractivity contribution is 5.84. The molecule has 2 atom stereocenters. The minimum absolute atomic E-state index is 0.0742. The van der Waals surface area contributed by atoms with Crippen molar-refractivity contribution in [3.8, 4) is 5.75 Å². The number of amides is 1. The van der Waals surface area contributed by atoms with Crippen molar-refractivity contribution in [1.82, 2.24) is 10.3 Å². The maximum Gasteiger partial charge on any atom is 0.223 e. The minimum atomic E-state index is 0.0742. The lowest BCUT2D eigenvalue weighted by Gasteiger charge is -2.22. The summed E-state index contributed by atoms with van der Waals surface area (Å²) in [4.78, 5) is 16.1. The van der Waals surface area contributed by atoms with E-state index in [-0.39, 0.29) is 17.7 Å². The topological polar surface area (TPSA) is 54.1 Å². The second-order valence-corrected chi connectivity index (χ2v) is 7.34. The Morgan fingerprint density at radius 1 is 1.18 bits per heavy atom. The van der Waals surface area contributed by atoms with Gasteiger partial charge in [-0.1, -0.05) is 42.5 Å². The number of nitrogens with one attached hydrogen (secondary N) is 2. The summed E-state index contributed by atoms with van der Waals surface area (Å²) in [6.45, 7) is 0.577. The van der Waals surface area contributed by atoms with E-state index in [1.54, 1.807) is 7.11 Å². The maximum atomic E-state index is 12.7. The van der Waals surface area contributed by atoms with Crippen molar-refractivity contribution in [2.24, 2.45) is 5.92 Å². The number of carbonyl (C=O) groups is 1. The van der Waals surface area contributed by atoms with Crippen LogP contribution < -0.4 is 10.1 Å². The monoisotopic (exact) mass is 374 g/mol. The number of fused-ring (bicyclic) bond motifs is 1. The van der Waals surface area contributed by atoms with E-state index in [0.29, 0.717) is 6.54 Å². The number of benzene rings is 2. The Bertz CT molecular complexity index is 972. The third kappa shape index (κ3) is 3.81. The van der Waals surface area contributed by atoms with Gasteiger partial charge in [-0.05, 0) is 48.6 Å². The number of hydrogen-bond donors (Lipinski definition) is 2. The fourth-order valence-electron chi connectivity index (χ4n) is 4.00. The van der Waals surface area contributed by atoms with Gasteiger partial charge < -0.3 is 15.0 Å². The summed E-state index contributed by atoms with van der Waals surface area (Å²) in [5.74, 6) is 1.15. The summed E-state index contributed by atoms with van der Waals surface area (Å²) >= 11 is 0. The summed E-state index contributed by atoms with van der Waals surface area (Å²) in [6, 6.07) is 16.4. The number of para-hydroxylation sites is 1. The first kappa shape index (κ1) is 18.4. The van der Waals surface area contributed by atoms with Gasteiger partial charge in [0.25, 0.3) is 0 Å². The van der Waals surface area contributed by atoms with Crippen LogP contribution in [-0.2, 0) is 4.79 Å². The van der Waals surface area contributed by atoms with Crippen LogP contribution in [0, 0.1) is 5.92 Å². The van der Waals surface area contributed by atoms with Gasteiger partial charge in [0, 0.05) is 35.5 Å². The van der Waals surface area contributed by atoms with Gasteiger partial charge in [0.2, 0.25) is 5.91 Å². The molecule has 0 bridgehead atoms. The molecular formula is C24H26N2O2. The van der Waals surface area contributed by atoms with E-state index in [1.807, 2.05) is 18.2 Å². The van der Waals surface area contributed by atoms with E-state index in [1.165, 1.54) is 10.9 Å². The average molecular weight is 374 g/mol. The first-order valence-corrected chi connectivity index (χ1v) is 9.89. The van der Waals surface area contributed by atoms with Crippen molar-refractivity contribution in [3.63, 3.8) is 0 Å². The Labute approximate surface area is 165 Å². The van der Waals surface area contributed by atoms with Crippen molar-refractivity contribution in [2.75, 3.05) is 13.7 Å². The molecule has 1 aliphatic rings. The minimum Gasteiger partial charge on any atom is -0.497 e. The first-order valence-electron chi connectivity index (χ1n) is 9.89. The molecular weight excluding hydrogens is 348 g/mol. The maximum absolute atomic E-state index is 12.7. The highest BCUT2D eigenvalue weighted by Crippen LogP contribution is 2.31. The quantitative estimate of drug-likeness (QED) is 0.610. The van der Waals surface area contributed by atoms with Gasteiger partial charge in [-0.25, -0.2) is 0 Å². The van der Waals surface area contributed by atoms with E-state index in [4.69, 9.17) is 4.74 Å². The van der Waals surface area contributed by atoms with Gasteiger partial charge >= 0.3 is 0 Å². The van der Waals surface area contributed by atoms with E-state index in [2.05, 4.69) is 59.0 Å². The van der Waals surface area contributed by atoms with Crippen molar-refractivity contribution in [1.29, 1.82) is 0 Å². The Hall–Kier alpha value is -3.01. The molecule has 1 amide bonds. The molecule has 144 valence electrons. The summed E-state index contributed by atoms with van der Waals surface area (Å²) in [7, 11) is 1.67. The highest BCUT2D eigenvalue weighted by atomic mass is 16.5. The van der Waals surface area contributed by atoms with Crippen LogP contribution in [0.3, 0.4) is 0 Å². The molecule has 0 aliphatic heterocycles. The van der Waals surface area contributed by atoms with Crippen molar-refractivity contribution >= 4 is 16.8 Å². The van der Waals surface area contributed by atoms with Gasteiger partial charge in [0.1, 0.15) is 5.75 Å². The Balaban J connectivity index is 1.61. The van der Waals surface area contributed by atoms with Crippen LogP contribution in [0.1, 0.15) is 36.3 Å². The van der Waals surface area contributed by atoms with Gasteiger partial charge in [-0.3, -0.25) is 4.79 Å². The number of hydrogen-bond acceptors (Lipinski definition) is 2. The zero-order valence-electron chi connectivity index (χ0n) is 16.2. The normalized spacial score (nSPS) is 17.4. The molecule has 4 nitrogen and oxygen atoms in total. The third-order valence-electron chi connectivity index (χ3n) is 5.64. The Kier molecular flexibility index (Phi) is 5.47. The van der Waals surface area contributed by atoms with Gasteiger partial charge in [0.05, 0.1) is 7.11 Å². The molecule has 1 aromatic heterocycles. The van der Waals surface area contributed by atoms with Crippen molar-refractivity contribution < 1.29 is 9.53 Å². The molecule has 2 N–H and O–H groups in total. The fraction of sp³-hybridized carbons (Fsp3) is 0.292. The van der Waals surface area contributed by atoms with Crippen molar-refractivity contribution in [3.05, 3.63) is 78.0 Å². The molecule has 0 saturated heterocycles. The molecule has 0 unspecified atom stereocenters. The van der Waals surface area contributed by atoms with Crippen LogP contribution in [-0.4, -0.2) is 24.5 Å². The van der Waals surface area contributed by atoms with E-state index < -0.39 is 0 Å². The molecule has 4 heteroatoms. The molecule has 1 aliphatic carbocycles. The Morgan fingerprint density at radius 3 is 2.75 bits per heavy atom. The van der Waals surface area contributed by atoms with Crippen LogP contribution >= 0.6 is 0 Å². The molecule has 3 aromatic rings. The highest BCUT2D eigenvalue weighted by Gasteiger charge is 2.22. The zero-order valence-corrected chi connectivity index (χ0v) is 16.2. The number of carbonyl (C=O) groups excluding carboxylic acids is 1. The van der Waals surface area contributed by atoms with E-state index in [9.17, 15) is 4.79 Å². The number of aromatic amines is 1. The molecule has 2 aromatic carbocycles. The number of H-pyrrole nitrogens is 1. The lowest BCUT2D eigenvalue weighted by Crippen LogP contribution is -2.34. The van der Waals surface area contributed by atoms with Crippen LogP contribution in [0.2, 0.25) is 0 Å². The summed E-state index contributed by atoms with van der Waals surface area (Å²) < 4.78 is 5.31. The number of ether oxygens (including phenoxy) is 1. The van der Waals surface area contributed by atoms with Crippen LogP contribution in [0.15, 0.2) is 66.9 Å². The average Bonchev–Trinajstić information content (AvgIpc) is 3.19. The van der Waals surface area contributed by atoms with Crippen LogP contribution in [0.5, 0.6) is 5.75 Å². The zero-order chi connectivity index (χ0) is 19.3. The molecule has 4 rings (SSSR count). The third-order valence-corrected chi connectivity index (χ3v) is 5.64. The predicted molar refractivity (Wildman–Crippen MR) is 113 cm³/mol. The SMILES string of the molecule is COc1ccc([C@@H](CNC(=O)[C@H]2CC=CCC2)c2c[nH]c3ccccc23)cc1. The predicted octanol–water partition coefficient (Wildman–Crippen LogP) is 4.78. The number of aromatic nitrogens is 1. The van der Waals surface area contributed by atoms with Crippen molar-refractivity contribution in [2.45, 2.75) is 25.2 Å². The largest absolute Gasteiger partial charge is 0.497 e. The fourth-order valence-corrected chi connectivity index (χ4v) is 4.00. The summed E-state index contributed by atoms with van der Waals surface area (Å²) in [5, 5.41) is 4.41. The molecule has 28 heavy (non-hydrogen) atoms. The van der Waals surface area contributed by atoms with Gasteiger partial charge in [-0.15, -0.1) is 0 Å². The van der Waals surface area contributed by atoms with Gasteiger partial charge in [-0.2, -0.15) is 0 Å². The molecule has 0 radical (unpaired) electrons. The lowest BCUT2D eigenvalue weighted by molar-refractivity contribution is -0.125. The smallest absolute Gasteiger partial charge is 0.223 e. The first-order chi connectivity index (χ1) is 13.8. The lowest BCUT2D eigenvalue weighted by atomic mass is 9.89. The summed E-state index contributed by atoms with van der Waals surface area (Å²) in [6.07, 6.45) is 9.11. The standard InChI is InChI=1S/C24H26N2O2/c1-28-19-13-11-17(12-14-19)21(15-26-24(27)18-7-3-2-4-8-18)22-16-25-23-10-6-5-9-20(22)23/h2-3,5-6,9-14,16,18,21,25H,4,7-8,15H2,1H3,(H,26,27)/t18-,21+/m0/s1. The Morgan fingerprint density at radius 2 is 2.00 bits per heavy atom. The number of methoxy groups -OCH3 is 1. The molecule has 0 saturated carbocycles. The molecule has 1 heterocycles. The molecule has 0 spiro atoms. The second-order valence-electron chi connectivity index (χ2n) is 7.34. The van der Waals surface area contributed by atoms with Crippen LogP contribution in [0.4, 0.5) is 0 Å².